The van der Waals surface area contributed by atoms with Crippen molar-refractivity contribution in [3.8, 4) is 0 Å². The van der Waals surface area contributed by atoms with E-state index >= 15 is 0 Å². The molecule has 0 saturated heterocycles. The van der Waals surface area contributed by atoms with Crippen LogP contribution in [0.3, 0.4) is 0 Å². The molecule has 0 aliphatic carbocycles. The molecule has 30 heavy (non-hydrogen) atoms. The number of nitrogens with zero attached hydrogens (tertiary/aromatic N) is 1. The average Bonchev–Trinajstić information content (AvgIpc) is 2.78. The lowest BCUT2D eigenvalue weighted by molar-refractivity contribution is -0.133. The highest BCUT2D eigenvalue weighted by Gasteiger charge is 2.20. The summed E-state index contributed by atoms with van der Waals surface area (Å²) in [6.07, 6.45) is 0. The van der Waals surface area contributed by atoms with Gasteiger partial charge in [-0.05, 0) is 12.1 Å². The molecule has 3 aromatic carbocycles. The Morgan fingerprint density at radius 3 is 2.13 bits per heavy atom. The zero-order valence-electron chi connectivity index (χ0n) is 16.4. The highest BCUT2D eigenvalue weighted by atomic mass is 19.1. The summed E-state index contributed by atoms with van der Waals surface area (Å²) in [6.45, 7) is -0.468. The lowest BCUT2D eigenvalue weighted by atomic mass is 9.98. The fourth-order valence-electron chi connectivity index (χ4n) is 2.89. The Kier molecular flexibility index (Phi) is 6.70. The van der Waals surface area contributed by atoms with Gasteiger partial charge in [0.25, 0.3) is 5.91 Å². The summed E-state index contributed by atoms with van der Waals surface area (Å²) in [5.41, 5.74) is 1.08. The molecule has 0 bridgehead atoms. The van der Waals surface area contributed by atoms with Crippen LogP contribution in [0, 0.1) is 5.82 Å². The first-order valence-electron chi connectivity index (χ1n) is 9.30. The van der Waals surface area contributed by atoms with E-state index < -0.39 is 24.3 Å². The van der Waals surface area contributed by atoms with Crippen LogP contribution in [-0.2, 0) is 16.1 Å². The molecule has 0 aromatic heterocycles. The normalized spacial score (nSPS) is 10.3. The summed E-state index contributed by atoms with van der Waals surface area (Å²) < 4.78 is 18.9. The van der Waals surface area contributed by atoms with Gasteiger partial charge in [-0.25, -0.2) is 9.18 Å². The smallest absolute Gasteiger partial charge is 0.339 e. The summed E-state index contributed by atoms with van der Waals surface area (Å²) >= 11 is 0. The molecular formula is C24H20FNO4. The van der Waals surface area contributed by atoms with E-state index in [0.29, 0.717) is 11.1 Å². The van der Waals surface area contributed by atoms with Crippen molar-refractivity contribution in [2.45, 2.75) is 6.54 Å². The van der Waals surface area contributed by atoms with Crippen LogP contribution in [0.4, 0.5) is 4.39 Å². The zero-order valence-corrected chi connectivity index (χ0v) is 16.4. The predicted octanol–water partition coefficient (Wildman–Crippen LogP) is 3.87. The van der Waals surface area contributed by atoms with Crippen molar-refractivity contribution in [1.82, 2.24) is 4.90 Å². The Balaban J connectivity index is 1.66. The number of halogens is 1. The molecule has 3 aromatic rings. The van der Waals surface area contributed by atoms with E-state index in [1.807, 2.05) is 0 Å². The van der Waals surface area contributed by atoms with Gasteiger partial charge in [0.15, 0.2) is 12.4 Å². The molecular weight excluding hydrogens is 385 g/mol. The Morgan fingerprint density at radius 2 is 1.43 bits per heavy atom. The van der Waals surface area contributed by atoms with Crippen molar-refractivity contribution < 1.29 is 23.5 Å². The Morgan fingerprint density at radius 1 is 0.833 bits per heavy atom. The Bertz CT molecular complexity index is 1070. The molecule has 1 amide bonds. The highest BCUT2D eigenvalue weighted by Crippen LogP contribution is 2.16. The van der Waals surface area contributed by atoms with E-state index in [2.05, 4.69) is 0 Å². The minimum absolute atomic E-state index is 0.0478. The average molecular weight is 405 g/mol. The molecule has 5 nitrogen and oxygen atoms in total. The van der Waals surface area contributed by atoms with Crippen LogP contribution < -0.4 is 0 Å². The van der Waals surface area contributed by atoms with Gasteiger partial charge < -0.3 is 9.64 Å². The third-order valence-electron chi connectivity index (χ3n) is 4.55. The predicted molar refractivity (Wildman–Crippen MR) is 109 cm³/mol. The molecule has 3 rings (SSSR count). The van der Waals surface area contributed by atoms with Crippen LogP contribution >= 0.6 is 0 Å². The molecule has 0 atom stereocenters. The minimum Gasteiger partial charge on any atom is -0.452 e. The SMILES string of the molecule is CN(Cc1ccccc1F)C(=O)COC(=O)c1ccccc1C(=O)c1ccccc1. The number of carbonyl (C=O) groups excluding carboxylic acids is 3. The van der Waals surface area contributed by atoms with E-state index in [1.165, 1.54) is 30.1 Å². The van der Waals surface area contributed by atoms with Crippen molar-refractivity contribution >= 4 is 17.7 Å². The highest BCUT2D eigenvalue weighted by molar-refractivity contribution is 6.14. The molecule has 0 aliphatic heterocycles. The molecule has 152 valence electrons. The van der Waals surface area contributed by atoms with E-state index in [0.717, 1.165) is 0 Å². The summed E-state index contributed by atoms with van der Waals surface area (Å²) in [4.78, 5) is 38.8. The minimum atomic E-state index is -0.775. The first kappa shape index (κ1) is 20.9. The molecule has 6 heteroatoms. The summed E-state index contributed by atoms with van der Waals surface area (Å²) in [7, 11) is 1.50. The summed E-state index contributed by atoms with van der Waals surface area (Å²) in [5, 5.41) is 0. The van der Waals surface area contributed by atoms with E-state index in [4.69, 9.17) is 4.74 Å². The van der Waals surface area contributed by atoms with Crippen molar-refractivity contribution in [2.75, 3.05) is 13.7 Å². The second-order valence-corrected chi connectivity index (χ2v) is 6.66. The number of esters is 1. The van der Waals surface area contributed by atoms with Gasteiger partial charge in [0.1, 0.15) is 5.82 Å². The fourth-order valence-corrected chi connectivity index (χ4v) is 2.89. The van der Waals surface area contributed by atoms with Gasteiger partial charge in [0.05, 0.1) is 5.56 Å². The van der Waals surface area contributed by atoms with Gasteiger partial charge in [0.2, 0.25) is 0 Å². The van der Waals surface area contributed by atoms with Gasteiger partial charge in [-0.1, -0.05) is 66.7 Å². The van der Waals surface area contributed by atoms with Gasteiger partial charge in [-0.15, -0.1) is 0 Å². The molecule has 0 fully saturated rings. The number of hydrogen-bond donors (Lipinski definition) is 0. The van der Waals surface area contributed by atoms with Gasteiger partial charge >= 0.3 is 5.97 Å². The topological polar surface area (TPSA) is 63.7 Å². The first-order valence-corrected chi connectivity index (χ1v) is 9.30. The zero-order chi connectivity index (χ0) is 21.5. The van der Waals surface area contributed by atoms with E-state index in [9.17, 15) is 18.8 Å². The number of ether oxygens (including phenoxy) is 1. The number of ketones is 1. The number of hydrogen-bond acceptors (Lipinski definition) is 4. The van der Waals surface area contributed by atoms with Crippen molar-refractivity contribution in [2.24, 2.45) is 0 Å². The maximum absolute atomic E-state index is 13.8. The molecule has 0 unspecified atom stereocenters. The number of likely N-dealkylation sites (N-methyl/N-ethyl adjacent to an activating group) is 1. The molecule has 0 radical (unpaired) electrons. The number of rotatable bonds is 7. The second-order valence-electron chi connectivity index (χ2n) is 6.66. The molecule has 0 saturated carbocycles. The quantitative estimate of drug-likeness (QED) is 0.442. The summed E-state index contributed by atoms with van der Waals surface area (Å²) in [6, 6.07) is 21.0. The van der Waals surface area contributed by atoms with E-state index in [-0.39, 0.29) is 23.5 Å². The maximum atomic E-state index is 13.8. The fraction of sp³-hybridized carbons (Fsp3) is 0.125. The Hall–Kier alpha value is -3.80. The molecule has 0 spiro atoms. The van der Waals surface area contributed by atoms with Crippen LogP contribution in [0.1, 0.15) is 31.8 Å². The lowest BCUT2D eigenvalue weighted by Gasteiger charge is -2.17. The van der Waals surface area contributed by atoms with Crippen LogP contribution in [0.25, 0.3) is 0 Å². The summed E-state index contributed by atoms with van der Waals surface area (Å²) in [5.74, 6) is -1.99. The first-order chi connectivity index (χ1) is 14.5. The van der Waals surface area contributed by atoms with Gasteiger partial charge in [-0.2, -0.15) is 0 Å². The molecule has 0 N–H and O–H groups in total. The number of carbonyl (C=O) groups is 3. The maximum Gasteiger partial charge on any atom is 0.339 e. The monoisotopic (exact) mass is 405 g/mol. The van der Waals surface area contributed by atoms with Crippen LogP contribution in [-0.4, -0.2) is 36.2 Å². The van der Waals surface area contributed by atoms with Crippen molar-refractivity contribution in [1.29, 1.82) is 0 Å². The molecule has 0 heterocycles. The lowest BCUT2D eigenvalue weighted by Crippen LogP contribution is -2.31. The van der Waals surface area contributed by atoms with Crippen LogP contribution in [0.2, 0.25) is 0 Å². The number of benzene rings is 3. The van der Waals surface area contributed by atoms with Crippen LogP contribution in [0.15, 0.2) is 78.9 Å². The Labute approximate surface area is 173 Å². The third kappa shape index (κ3) is 4.97. The van der Waals surface area contributed by atoms with Crippen molar-refractivity contribution in [3.63, 3.8) is 0 Å². The van der Waals surface area contributed by atoms with Crippen LogP contribution in [0.5, 0.6) is 0 Å². The van der Waals surface area contributed by atoms with Gasteiger partial charge in [0, 0.05) is 30.3 Å². The van der Waals surface area contributed by atoms with E-state index in [1.54, 1.807) is 60.7 Å². The number of amides is 1. The standard InChI is InChI=1S/C24H20FNO4/c1-26(15-18-11-5-8-14-21(18)25)22(27)16-30-24(29)20-13-7-6-12-19(20)23(28)17-9-3-2-4-10-17/h2-14H,15-16H2,1H3. The molecule has 0 aliphatic rings. The largest absolute Gasteiger partial charge is 0.452 e. The third-order valence-corrected chi connectivity index (χ3v) is 4.55. The van der Waals surface area contributed by atoms with Gasteiger partial charge in [-0.3, -0.25) is 9.59 Å². The van der Waals surface area contributed by atoms with Crippen molar-refractivity contribution in [3.05, 3.63) is 107 Å². The second kappa shape index (κ2) is 9.60.